The number of nitrogens with zero attached hydrogens (tertiary/aromatic N) is 2. The first-order chi connectivity index (χ1) is 9.96. The molecule has 1 aromatic heterocycles. The quantitative estimate of drug-likeness (QED) is 0.859. The fourth-order valence-electron chi connectivity index (χ4n) is 2.09. The lowest BCUT2D eigenvalue weighted by molar-refractivity contribution is 0.419. The van der Waals surface area contributed by atoms with Gasteiger partial charge in [0, 0.05) is 18.4 Å². The van der Waals surface area contributed by atoms with Gasteiger partial charge in [0.25, 0.3) is 0 Å². The summed E-state index contributed by atoms with van der Waals surface area (Å²) in [6.45, 7) is 4.14. The van der Waals surface area contributed by atoms with E-state index in [1.54, 1.807) is 37.4 Å². The number of nitrogen functional groups attached to an aromatic ring is 1. The number of pyridine rings is 1. The smallest absolute Gasteiger partial charge is 0.243 e. The van der Waals surface area contributed by atoms with Crippen molar-refractivity contribution < 1.29 is 8.42 Å². The molecule has 0 amide bonds. The van der Waals surface area contributed by atoms with Crippen LogP contribution in [0.1, 0.15) is 18.2 Å². The predicted molar refractivity (Wildman–Crippen MR) is 83.1 cm³/mol. The van der Waals surface area contributed by atoms with Crippen LogP contribution in [0.2, 0.25) is 0 Å². The lowest BCUT2D eigenvalue weighted by Crippen LogP contribution is -2.31. The number of rotatable bonds is 5. The molecule has 0 aliphatic heterocycles. The molecule has 0 atom stereocenters. The maximum absolute atomic E-state index is 12.8. The van der Waals surface area contributed by atoms with Crippen molar-refractivity contribution in [2.24, 2.45) is 0 Å². The standard InChI is InChI=1S/C15H19N3O2S/c1-3-18(11-13-7-4-5-10-17-13)21(19,20)15-9-6-8-14(16)12(15)2/h4-10H,3,11,16H2,1-2H3. The molecule has 0 aliphatic carbocycles. The summed E-state index contributed by atoms with van der Waals surface area (Å²) in [6.07, 6.45) is 1.65. The van der Waals surface area contributed by atoms with Gasteiger partial charge in [0.1, 0.15) is 0 Å². The van der Waals surface area contributed by atoms with Crippen LogP contribution in [0.4, 0.5) is 5.69 Å². The molecular weight excluding hydrogens is 286 g/mol. The van der Waals surface area contributed by atoms with Gasteiger partial charge in [-0.1, -0.05) is 19.1 Å². The molecule has 0 spiro atoms. The van der Waals surface area contributed by atoms with Crippen LogP contribution >= 0.6 is 0 Å². The number of benzene rings is 1. The fourth-order valence-corrected chi connectivity index (χ4v) is 3.76. The molecule has 21 heavy (non-hydrogen) atoms. The second kappa shape index (κ2) is 6.24. The highest BCUT2D eigenvalue weighted by atomic mass is 32.2. The Morgan fingerprint density at radius 2 is 1.95 bits per heavy atom. The van der Waals surface area contributed by atoms with E-state index in [4.69, 9.17) is 5.73 Å². The third-order valence-corrected chi connectivity index (χ3v) is 5.43. The normalized spacial score (nSPS) is 11.8. The monoisotopic (exact) mass is 305 g/mol. The average Bonchev–Trinajstić information content (AvgIpc) is 2.48. The van der Waals surface area contributed by atoms with E-state index in [0.29, 0.717) is 23.5 Å². The first kappa shape index (κ1) is 15.5. The Morgan fingerprint density at radius 3 is 2.57 bits per heavy atom. The Hall–Kier alpha value is -1.92. The van der Waals surface area contributed by atoms with E-state index < -0.39 is 10.0 Å². The molecule has 2 rings (SSSR count). The van der Waals surface area contributed by atoms with Gasteiger partial charge in [-0.3, -0.25) is 4.98 Å². The highest BCUT2D eigenvalue weighted by Crippen LogP contribution is 2.24. The van der Waals surface area contributed by atoms with Crippen LogP contribution in [0.25, 0.3) is 0 Å². The summed E-state index contributed by atoms with van der Waals surface area (Å²) in [4.78, 5) is 4.43. The molecule has 1 heterocycles. The van der Waals surface area contributed by atoms with Gasteiger partial charge < -0.3 is 5.73 Å². The summed E-state index contributed by atoms with van der Waals surface area (Å²) < 4.78 is 27.0. The summed E-state index contributed by atoms with van der Waals surface area (Å²) in [6, 6.07) is 10.4. The van der Waals surface area contributed by atoms with Crippen LogP contribution in [0.3, 0.4) is 0 Å². The Labute approximate surface area is 125 Å². The molecule has 0 aliphatic rings. The summed E-state index contributed by atoms with van der Waals surface area (Å²) in [5, 5.41) is 0. The second-order valence-corrected chi connectivity index (χ2v) is 6.63. The van der Waals surface area contributed by atoms with Gasteiger partial charge in [-0.05, 0) is 36.8 Å². The van der Waals surface area contributed by atoms with Gasteiger partial charge in [-0.15, -0.1) is 0 Å². The SMILES string of the molecule is CCN(Cc1ccccn1)S(=O)(=O)c1cccc(N)c1C. The largest absolute Gasteiger partial charge is 0.398 e. The first-order valence-electron chi connectivity index (χ1n) is 6.72. The highest BCUT2D eigenvalue weighted by Gasteiger charge is 2.25. The number of hydrogen-bond acceptors (Lipinski definition) is 4. The predicted octanol–water partition coefficient (Wildman–Crippen LogP) is 2.18. The fraction of sp³-hybridized carbons (Fsp3) is 0.267. The Kier molecular flexibility index (Phi) is 4.59. The van der Waals surface area contributed by atoms with Gasteiger partial charge in [0.15, 0.2) is 0 Å². The summed E-state index contributed by atoms with van der Waals surface area (Å²) >= 11 is 0. The van der Waals surface area contributed by atoms with E-state index in [1.165, 1.54) is 4.31 Å². The summed E-state index contributed by atoms with van der Waals surface area (Å²) in [5.41, 5.74) is 7.59. The van der Waals surface area contributed by atoms with E-state index in [-0.39, 0.29) is 11.4 Å². The number of anilines is 1. The van der Waals surface area contributed by atoms with Crippen LogP contribution in [-0.4, -0.2) is 24.3 Å². The van der Waals surface area contributed by atoms with E-state index in [0.717, 1.165) is 0 Å². The number of hydrogen-bond donors (Lipinski definition) is 1. The molecule has 112 valence electrons. The van der Waals surface area contributed by atoms with Crippen molar-refractivity contribution in [3.63, 3.8) is 0 Å². The van der Waals surface area contributed by atoms with Crippen molar-refractivity contribution in [3.8, 4) is 0 Å². The van der Waals surface area contributed by atoms with Gasteiger partial charge in [-0.25, -0.2) is 8.42 Å². The molecule has 0 unspecified atom stereocenters. The van der Waals surface area contributed by atoms with Gasteiger partial charge in [0.05, 0.1) is 17.1 Å². The van der Waals surface area contributed by atoms with Crippen LogP contribution in [0.5, 0.6) is 0 Å². The summed E-state index contributed by atoms with van der Waals surface area (Å²) in [5.74, 6) is 0. The van der Waals surface area contributed by atoms with E-state index in [1.807, 2.05) is 19.1 Å². The Morgan fingerprint density at radius 1 is 1.19 bits per heavy atom. The van der Waals surface area contributed by atoms with Crippen LogP contribution in [0, 0.1) is 6.92 Å². The van der Waals surface area contributed by atoms with Gasteiger partial charge in [-0.2, -0.15) is 4.31 Å². The number of aromatic nitrogens is 1. The van der Waals surface area contributed by atoms with Crippen molar-refractivity contribution in [3.05, 3.63) is 53.9 Å². The molecule has 2 N–H and O–H groups in total. The molecule has 0 radical (unpaired) electrons. The minimum atomic E-state index is -3.59. The average molecular weight is 305 g/mol. The Balaban J connectivity index is 2.38. The molecule has 0 fully saturated rings. The molecule has 1 aromatic carbocycles. The number of nitrogens with two attached hydrogens (primary N) is 1. The zero-order chi connectivity index (χ0) is 15.5. The minimum Gasteiger partial charge on any atom is -0.398 e. The van der Waals surface area contributed by atoms with E-state index >= 15 is 0 Å². The molecule has 6 heteroatoms. The van der Waals surface area contributed by atoms with Crippen molar-refractivity contribution in [1.29, 1.82) is 0 Å². The second-order valence-electron chi connectivity index (χ2n) is 4.72. The first-order valence-corrected chi connectivity index (χ1v) is 8.16. The van der Waals surface area contributed by atoms with Crippen molar-refractivity contribution in [2.45, 2.75) is 25.3 Å². The maximum atomic E-state index is 12.8. The van der Waals surface area contributed by atoms with Gasteiger partial charge >= 0.3 is 0 Å². The lowest BCUT2D eigenvalue weighted by atomic mass is 10.2. The minimum absolute atomic E-state index is 0.244. The van der Waals surface area contributed by atoms with Crippen molar-refractivity contribution >= 4 is 15.7 Å². The van der Waals surface area contributed by atoms with Crippen molar-refractivity contribution in [1.82, 2.24) is 9.29 Å². The van der Waals surface area contributed by atoms with Gasteiger partial charge in [0.2, 0.25) is 10.0 Å². The third kappa shape index (κ3) is 3.22. The van der Waals surface area contributed by atoms with Crippen molar-refractivity contribution in [2.75, 3.05) is 12.3 Å². The molecule has 0 bridgehead atoms. The molecule has 5 nitrogen and oxygen atoms in total. The van der Waals surface area contributed by atoms with E-state index in [9.17, 15) is 8.42 Å². The molecule has 0 saturated carbocycles. The molecular formula is C15H19N3O2S. The maximum Gasteiger partial charge on any atom is 0.243 e. The molecule has 0 saturated heterocycles. The zero-order valence-electron chi connectivity index (χ0n) is 12.2. The molecule has 2 aromatic rings. The highest BCUT2D eigenvalue weighted by molar-refractivity contribution is 7.89. The van der Waals surface area contributed by atoms with E-state index in [2.05, 4.69) is 4.98 Å². The van der Waals surface area contributed by atoms with Crippen LogP contribution in [-0.2, 0) is 16.6 Å². The van der Waals surface area contributed by atoms with Crippen LogP contribution in [0.15, 0.2) is 47.5 Å². The number of sulfonamides is 1. The summed E-state index contributed by atoms with van der Waals surface area (Å²) in [7, 11) is -3.59. The topological polar surface area (TPSA) is 76.3 Å². The third-order valence-electron chi connectivity index (χ3n) is 3.36. The lowest BCUT2D eigenvalue weighted by Gasteiger charge is -2.21. The zero-order valence-corrected chi connectivity index (χ0v) is 13.0. The Bertz CT molecular complexity index is 715. The van der Waals surface area contributed by atoms with Crippen LogP contribution < -0.4 is 5.73 Å².